The Kier molecular flexibility index (Phi) is 3.42. The highest BCUT2D eigenvalue weighted by atomic mass is 16.5. The number of Topliss-reactive ketones (excluding diaryl/α,β-unsaturated/α-hetero) is 1. The average molecular weight is 232 g/mol. The zero-order chi connectivity index (χ0) is 12.3. The van der Waals surface area contributed by atoms with Gasteiger partial charge in [0.15, 0.2) is 5.78 Å². The van der Waals surface area contributed by atoms with Crippen molar-refractivity contribution in [1.82, 2.24) is 9.61 Å². The summed E-state index contributed by atoms with van der Waals surface area (Å²) in [6.45, 7) is 2.08. The number of unbranched alkanes of at least 4 members (excludes halogenated alkanes) is 1. The Balaban J connectivity index is 2.36. The molecule has 0 N–H and O–H groups in total. The summed E-state index contributed by atoms with van der Waals surface area (Å²) >= 11 is 0. The maximum Gasteiger partial charge on any atom is 0.166 e. The number of methoxy groups -OCH3 is 1. The Labute approximate surface area is 100 Å². The Bertz CT molecular complexity index is 531. The second kappa shape index (κ2) is 4.99. The molecule has 0 saturated heterocycles. The summed E-state index contributed by atoms with van der Waals surface area (Å²) < 4.78 is 6.85. The summed E-state index contributed by atoms with van der Waals surface area (Å²) in [7, 11) is 1.61. The van der Waals surface area contributed by atoms with Gasteiger partial charge < -0.3 is 4.74 Å². The number of ketones is 1. The fraction of sp³-hybridized carbons (Fsp3) is 0.385. The Morgan fingerprint density at radius 1 is 1.53 bits per heavy atom. The topological polar surface area (TPSA) is 43.6 Å². The minimum Gasteiger partial charge on any atom is -0.497 e. The molecule has 0 fully saturated rings. The van der Waals surface area contributed by atoms with E-state index in [1.807, 2.05) is 12.1 Å². The first-order valence-corrected chi connectivity index (χ1v) is 5.81. The number of pyridine rings is 1. The number of hydrogen-bond donors (Lipinski definition) is 0. The smallest absolute Gasteiger partial charge is 0.166 e. The molecule has 0 saturated carbocycles. The van der Waals surface area contributed by atoms with Gasteiger partial charge in [-0.2, -0.15) is 5.10 Å². The molecule has 2 aromatic heterocycles. The van der Waals surface area contributed by atoms with Gasteiger partial charge in [-0.05, 0) is 12.5 Å². The van der Waals surface area contributed by atoms with E-state index >= 15 is 0 Å². The first-order chi connectivity index (χ1) is 8.26. The molecule has 4 nitrogen and oxygen atoms in total. The number of carbonyl (C=O) groups excluding carboxylic acids is 1. The first kappa shape index (κ1) is 11.6. The van der Waals surface area contributed by atoms with Crippen LogP contribution in [0.25, 0.3) is 5.52 Å². The SMILES string of the molecule is CCCCC(=O)c1cnn2ccc(OC)cc12. The van der Waals surface area contributed by atoms with Crippen molar-refractivity contribution in [3.05, 3.63) is 30.1 Å². The lowest BCUT2D eigenvalue weighted by atomic mass is 10.1. The lowest BCUT2D eigenvalue weighted by Crippen LogP contribution is -1.98. The second-order valence-corrected chi connectivity index (χ2v) is 3.98. The van der Waals surface area contributed by atoms with Gasteiger partial charge in [0.1, 0.15) is 5.75 Å². The molecule has 0 aliphatic rings. The monoisotopic (exact) mass is 232 g/mol. The van der Waals surface area contributed by atoms with E-state index in [0.29, 0.717) is 12.0 Å². The van der Waals surface area contributed by atoms with E-state index < -0.39 is 0 Å². The summed E-state index contributed by atoms with van der Waals surface area (Å²) in [6, 6.07) is 3.66. The van der Waals surface area contributed by atoms with Crippen molar-refractivity contribution in [2.45, 2.75) is 26.2 Å². The summed E-state index contributed by atoms with van der Waals surface area (Å²) in [5.41, 5.74) is 1.49. The number of aromatic nitrogens is 2. The summed E-state index contributed by atoms with van der Waals surface area (Å²) in [4.78, 5) is 12.0. The fourth-order valence-electron chi connectivity index (χ4n) is 1.78. The van der Waals surface area contributed by atoms with Crippen LogP contribution >= 0.6 is 0 Å². The Morgan fingerprint density at radius 2 is 2.35 bits per heavy atom. The quantitative estimate of drug-likeness (QED) is 0.744. The van der Waals surface area contributed by atoms with E-state index in [-0.39, 0.29) is 5.78 Å². The predicted octanol–water partition coefficient (Wildman–Crippen LogP) is 2.72. The van der Waals surface area contributed by atoms with Crippen LogP contribution in [0.5, 0.6) is 5.75 Å². The van der Waals surface area contributed by atoms with Crippen LogP contribution in [-0.4, -0.2) is 22.5 Å². The van der Waals surface area contributed by atoms with E-state index in [1.165, 1.54) is 0 Å². The molecule has 17 heavy (non-hydrogen) atoms. The molecule has 0 bridgehead atoms. The summed E-state index contributed by atoms with van der Waals surface area (Å²) in [6.07, 6.45) is 5.95. The van der Waals surface area contributed by atoms with Gasteiger partial charge in [-0.25, -0.2) is 4.52 Å². The molecule has 0 unspecified atom stereocenters. The van der Waals surface area contributed by atoms with Crippen LogP contribution < -0.4 is 4.74 Å². The summed E-state index contributed by atoms with van der Waals surface area (Å²) in [5.74, 6) is 0.887. The number of nitrogens with zero attached hydrogens (tertiary/aromatic N) is 2. The van der Waals surface area contributed by atoms with Gasteiger partial charge in [-0.3, -0.25) is 4.79 Å². The molecule has 2 aromatic rings. The highest BCUT2D eigenvalue weighted by Crippen LogP contribution is 2.19. The van der Waals surface area contributed by atoms with E-state index in [2.05, 4.69) is 12.0 Å². The molecule has 4 heteroatoms. The molecule has 0 amide bonds. The zero-order valence-corrected chi connectivity index (χ0v) is 10.1. The molecule has 0 radical (unpaired) electrons. The van der Waals surface area contributed by atoms with Gasteiger partial charge in [0.05, 0.1) is 24.4 Å². The van der Waals surface area contributed by atoms with Gasteiger partial charge in [0.2, 0.25) is 0 Å². The van der Waals surface area contributed by atoms with E-state index in [0.717, 1.165) is 24.1 Å². The number of ether oxygens (including phenoxy) is 1. The van der Waals surface area contributed by atoms with Crippen molar-refractivity contribution in [3.63, 3.8) is 0 Å². The second-order valence-electron chi connectivity index (χ2n) is 3.98. The first-order valence-electron chi connectivity index (χ1n) is 5.81. The van der Waals surface area contributed by atoms with Crippen LogP contribution in [0.15, 0.2) is 24.5 Å². The highest BCUT2D eigenvalue weighted by molar-refractivity contribution is 6.02. The van der Waals surface area contributed by atoms with Crippen molar-refractivity contribution < 1.29 is 9.53 Å². The highest BCUT2D eigenvalue weighted by Gasteiger charge is 2.12. The number of carbonyl (C=O) groups is 1. The fourth-order valence-corrected chi connectivity index (χ4v) is 1.78. The Morgan fingerprint density at radius 3 is 3.06 bits per heavy atom. The number of rotatable bonds is 5. The normalized spacial score (nSPS) is 10.7. The molecular weight excluding hydrogens is 216 g/mol. The average Bonchev–Trinajstić information content (AvgIpc) is 2.78. The molecule has 0 aromatic carbocycles. The van der Waals surface area contributed by atoms with Crippen molar-refractivity contribution in [1.29, 1.82) is 0 Å². The maximum atomic E-state index is 12.0. The third-order valence-corrected chi connectivity index (χ3v) is 2.79. The zero-order valence-electron chi connectivity index (χ0n) is 10.1. The minimum absolute atomic E-state index is 0.148. The Hall–Kier alpha value is -1.84. The predicted molar refractivity (Wildman–Crippen MR) is 65.6 cm³/mol. The minimum atomic E-state index is 0.148. The van der Waals surface area contributed by atoms with Crippen LogP contribution in [0.1, 0.15) is 36.5 Å². The standard InChI is InChI=1S/C13H16N2O2/c1-3-4-5-13(16)11-9-14-15-7-6-10(17-2)8-12(11)15/h6-9H,3-5H2,1-2H3. The van der Waals surface area contributed by atoms with Gasteiger partial charge in [-0.1, -0.05) is 13.3 Å². The molecule has 0 aliphatic heterocycles. The van der Waals surface area contributed by atoms with Crippen LogP contribution in [0.2, 0.25) is 0 Å². The van der Waals surface area contributed by atoms with Crippen molar-refractivity contribution >= 4 is 11.3 Å². The van der Waals surface area contributed by atoms with Crippen molar-refractivity contribution in [3.8, 4) is 5.75 Å². The maximum absolute atomic E-state index is 12.0. The van der Waals surface area contributed by atoms with E-state index in [9.17, 15) is 4.79 Å². The van der Waals surface area contributed by atoms with Crippen LogP contribution in [0.3, 0.4) is 0 Å². The molecule has 0 aliphatic carbocycles. The lowest BCUT2D eigenvalue weighted by molar-refractivity contribution is 0.0981. The van der Waals surface area contributed by atoms with Gasteiger partial charge in [-0.15, -0.1) is 0 Å². The number of fused-ring (bicyclic) bond motifs is 1. The van der Waals surface area contributed by atoms with Crippen LogP contribution in [0, 0.1) is 0 Å². The number of hydrogen-bond acceptors (Lipinski definition) is 3. The van der Waals surface area contributed by atoms with Crippen molar-refractivity contribution in [2.75, 3.05) is 7.11 Å². The van der Waals surface area contributed by atoms with Gasteiger partial charge in [0, 0.05) is 18.7 Å². The lowest BCUT2D eigenvalue weighted by Gasteiger charge is -2.01. The molecule has 2 heterocycles. The van der Waals surface area contributed by atoms with Gasteiger partial charge >= 0.3 is 0 Å². The van der Waals surface area contributed by atoms with Crippen molar-refractivity contribution in [2.24, 2.45) is 0 Å². The third-order valence-electron chi connectivity index (χ3n) is 2.79. The molecule has 2 rings (SSSR count). The van der Waals surface area contributed by atoms with E-state index in [4.69, 9.17) is 4.74 Å². The third kappa shape index (κ3) is 2.30. The largest absolute Gasteiger partial charge is 0.497 e. The molecule has 0 atom stereocenters. The summed E-state index contributed by atoms with van der Waals surface area (Å²) in [5, 5.41) is 4.16. The molecule has 90 valence electrons. The van der Waals surface area contributed by atoms with Crippen LogP contribution in [-0.2, 0) is 0 Å². The molecule has 0 spiro atoms. The van der Waals surface area contributed by atoms with Crippen LogP contribution in [0.4, 0.5) is 0 Å². The molecular formula is C13H16N2O2. The van der Waals surface area contributed by atoms with E-state index in [1.54, 1.807) is 24.0 Å². The van der Waals surface area contributed by atoms with Gasteiger partial charge in [0.25, 0.3) is 0 Å².